The van der Waals surface area contributed by atoms with Crippen LogP contribution in [0.2, 0.25) is 0 Å². The minimum absolute atomic E-state index is 0.118. The van der Waals surface area contributed by atoms with E-state index in [0.717, 1.165) is 11.0 Å². The Morgan fingerprint density at radius 2 is 2.07 bits per heavy atom. The molecule has 76 valence electrons. The molecule has 0 bridgehead atoms. The van der Waals surface area contributed by atoms with Crippen LogP contribution in [-0.2, 0) is 0 Å². The van der Waals surface area contributed by atoms with E-state index >= 15 is 0 Å². The van der Waals surface area contributed by atoms with Gasteiger partial charge in [-0.1, -0.05) is 0 Å². The summed E-state index contributed by atoms with van der Waals surface area (Å²) in [5.41, 5.74) is 4.08. The first-order valence-corrected chi connectivity index (χ1v) is 3.62. The third kappa shape index (κ3) is 1.08. The van der Waals surface area contributed by atoms with Gasteiger partial charge >= 0.3 is 5.56 Å². The Morgan fingerprint density at radius 3 is 2.67 bits per heavy atom. The van der Waals surface area contributed by atoms with Gasteiger partial charge in [-0.2, -0.15) is 9.66 Å². The van der Waals surface area contributed by atoms with Crippen LogP contribution in [-0.4, -0.2) is 19.3 Å². The number of nitroso groups, excluding NO2 is 2. The van der Waals surface area contributed by atoms with E-state index in [0.29, 0.717) is 4.68 Å². The summed E-state index contributed by atoms with van der Waals surface area (Å²) in [6.07, 6.45) is 0.987. The fourth-order valence-electron chi connectivity index (χ4n) is 1.09. The smallest absolute Gasteiger partial charge is 0.306 e. The van der Waals surface area contributed by atoms with Gasteiger partial charge in [0.15, 0.2) is 11.2 Å². The lowest BCUT2D eigenvalue weighted by molar-refractivity contribution is 0.809. The summed E-state index contributed by atoms with van der Waals surface area (Å²) >= 11 is 0. The van der Waals surface area contributed by atoms with Gasteiger partial charge in [-0.25, -0.2) is 4.98 Å². The van der Waals surface area contributed by atoms with Crippen molar-refractivity contribution < 1.29 is 0 Å². The molecule has 0 amide bonds. The van der Waals surface area contributed by atoms with Gasteiger partial charge in [-0.3, -0.25) is 4.79 Å². The number of nitrogen functional groups attached to an aromatic ring is 1. The van der Waals surface area contributed by atoms with Crippen molar-refractivity contribution in [3.05, 3.63) is 26.5 Å². The predicted octanol–water partition coefficient (Wildman–Crippen LogP) is -0.766. The zero-order chi connectivity index (χ0) is 11.0. The summed E-state index contributed by atoms with van der Waals surface area (Å²) in [7, 11) is 0. The monoisotopic (exact) mass is 209 g/mol. The van der Waals surface area contributed by atoms with Gasteiger partial charge in [-0.15, -0.1) is 14.5 Å². The van der Waals surface area contributed by atoms with Crippen molar-refractivity contribution >= 4 is 17.1 Å². The molecule has 2 aromatic rings. The van der Waals surface area contributed by atoms with Gasteiger partial charge < -0.3 is 5.73 Å². The van der Waals surface area contributed by atoms with E-state index in [1.54, 1.807) is 0 Å². The molecule has 0 atom stereocenters. The minimum Gasteiger partial charge on any atom is -0.368 e. The number of rotatable bonds is 2. The van der Waals surface area contributed by atoms with Gasteiger partial charge in [-0.05, 0) is 0 Å². The number of anilines is 1. The number of hydrogen-bond acceptors (Lipinski definition) is 8. The molecule has 0 fully saturated rings. The molecule has 10 heteroatoms. The molecule has 0 saturated carbocycles. The van der Waals surface area contributed by atoms with Crippen LogP contribution in [0, 0.1) is 9.81 Å². The summed E-state index contributed by atoms with van der Waals surface area (Å²) in [5, 5.41) is 4.89. The second-order valence-electron chi connectivity index (χ2n) is 2.51. The molecule has 0 spiro atoms. The molecule has 0 aliphatic rings. The molecule has 2 N–H and O–H groups in total. The van der Waals surface area contributed by atoms with Crippen LogP contribution in [0.5, 0.6) is 0 Å². The van der Waals surface area contributed by atoms with Crippen LogP contribution < -0.4 is 11.3 Å². The topological polar surface area (TPSA) is 138 Å². The number of nitrogens with two attached hydrogens (primary N) is 1. The van der Waals surface area contributed by atoms with E-state index < -0.39 is 11.5 Å². The predicted molar refractivity (Wildman–Crippen MR) is 48.6 cm³/mol. The average molecular weight is 209 g/mol. The fraction of sp³-hybridized carbons (Fsp3) is 0. The normalized spacial score (nSPS) is 10.4. The number of aromatic nitrogens is 4. The first-order chi connectivity index (χ1) is 7.19. The SMILES string of the molecule is Nc1nc2c(ncn2N=O)c(=O)n1N=O. The second-order valence-corrected chi connectivity index (χ2v) is 2.51. The number of imidazole rings is 1. The van der Waals surface area contributed by atoms with Gasteiger partial charge in [0.25, 0.3) is 0 Å². The summed E-state index contributed by atoms with van der Waals surface area (Å²) in [5.74, 6) is -0.437. The third-order valence-electron chi connectivity index (χ3n) is 1.73. The highest BCUT2D eigenvalue weighted by Crippen LogP contribution is 2.07. The molecule has 15 heavy (non-hydrogen) atoms. The number of hydrogen-bond donors (Lipinski definition) is 1. The van der Waals surface area contributed by atoms with E-state index in [1.807, 2.05) is 0 Å². The maximum Gasteiger partial charge on any atom is 0.306 e. The Kier molecular flexibility index (Phi) is 1.75. The third-order valence-corrected chi connectivity index (χ3v) is 1.73. The molecule has 2 aromatic heterocycles. The highest BCUT2D eigenvalue weighted by atomic mass is 16.3. The van der Waals surface area contributed by atoms with Crippen LogP contribution in [0.15, 0.2) is 21.7 Å². The lowest BCUT2D eigenvalue weighted by Gasteiger charge is -1.97. The van der Waals surface area contributed by atoms with Gasteiger partial charge in [0.1, 0.15) is 6.33 Å². The molecular formula is C5H3N7O3. The largest absolute Gasteiger partial charge is 0.368 e. The fourth-order valence-corrected chi connectivity index (χ4v) is 1.09. The summed E-state index contributed by atoms with van der Waals surface area (Å²) in [4.78, 5) is 39.1. The van der Waals surface area contributed by atoms with E-state index in [-0.39, 0.29) is 11.2 Å². The zero-order valence-corrected chi connectivity index (χ0v) is 7.06. The van der Waals surface area contributed by atoms with E-state index in [4.69, 9.17) is 5.73 Å². The van der Waals surface area contributed by atoms with Crippen molar-refractivity contribution in [3.8, 4) is 0 Å². The molecule has 0 unspecified atom stereocenters. The molecule has 0 aliphatic carbocycles. The van der Waals surface area contributed by atoms with Crippen LogP contribution >= 0.6 is 0 Å². The first-order valence-electron chi connectivity index (χ1n) is 3.62. The Morgan fingerprint density at radius 1 is 1.33 bits per heavy atom. The van der Waals surface area contributed by atoms with Gasteiger partial charge in [0, 0.05) is 0 Å². The van der Waals surface area contributed by atoms with Crippen LogP contribution in [0.3, 0.4) is 0 Å². The maximum absolute atomic E-state index is 11.4. The van der Waals surface area contributed by atoms with E-state index in [2.05, 4.69) is 20.5 Å². The number of nitrogens with zero attached hydrogens (tertiary/aromatic N) is 6. The molecule has 2 heterocycles. The van der Waals surface area contributed by atoms with Crippen molar-refractivity contribution in [2.24, 2.45) is 10.6 Å². The summed E-state index contributed by atoms with van der Waals surface area (Å²) in [6.45, 7) is 0. The Bertz CT molecular complexity index is 611. The van der Waals surface area contributed by atoms with Gasteiger partial charge in [0.2, 0.25) is 5.95 Å². The molecule has 2 rings (SSSR count). The van der Waals surface area contributed by atoms with Crippen molar-refractivity contribution in [1.82, 2.24) is 19.3 Å². The Labute approximate surface area is 80.2 Å². The lowest BCUT2D eigenvalue weighted by Crippen LogP contribution is -2.21. The molecule has 0 saturated heterocycles. The van der Waals surface area contributed by atoms with Crippen molar-refractivity contribution in [1.29, 1.82) is 0 Å². The quantitative estimate of drug-likeness (QED) is 0.644. The highest BCUT2D eigenvalue weighted by Gasteiger charge is 2.14. The molecule has 0 aliphatic heterocycles. The molecular weight excluding hydrogens is 206 g/mol. The first kappa shape index (κ1) is 8.93. The van der Waals surface area contributed by atoms with Crippen LogP contribution in [0.25, 0.3) is 11.2 Å². The Hall–Kier alpha value is -2.65. The molecule has 10 nitrogen and oxygen atoms in total. The van der Waals surface area contributed by atoms with E-state index in [9.17, 15) is 14.6 Å². The highest BCUT2D eigenvalue weighted by molar-refractivity contribution is 5.70. The maximum atomic E-state index is 11.4. The van der Waals surface area contributed by atoms with Crippen LogP contribution in [0.4, 0.5) is 5.95 Å². The molecule has 0 radical (unpaired) electrons. The van der Waals surface area contributed by atoms with Crippen molar-refractivity contribution in [3.63, 3.8) is 0 Å². The van der Waals surface area contributed by atoms with Crippen molar-refractivity contribution in [2.45, 2.75) is 0 Å². The van der Waals surface area contributed by atoms with Crippen LogP contribution in [0.1, 0.15) is 0 Å². The average Bonchev–Trinajstić information content (AvgIpc) is 2.61. The summed E-state index contributed by atoms with van der Waals surface area (Å²) in [6, 6.07) is 0. The number of fused-ring (bicyclic) bond motifs is 1. The second kappa shape index (κ2) is 2.94. The standard InChI is InChI=1S/C5H3N7O3/c6-5-8-3-2(4(13)12(5)10-15)7-1-11(3)9-14/h1H,(H2,6,8). The lowest BCUT2D eigenvalue weighted by atomic mass is 10.5. The summed E-state index contributed by atoms with van der Waals surface area (Å²) < 4.78 is 1.06. The van der Waals surface area contributed by atoms with E-state index in [1.165, 1.54) is 0 Å². The van der Waals surface area contributed by atoms with Crippen molar-refractivity contribution in [2.75, 3.05) is 5.73 Å². The van der Waals surface area contributed by atoms with Gasteiger partial charge in [0.05, 0.1) is 10.6 Å². The zero-order valence-electron chi connectivity index (χ0n) is 7.06. The minimum atomic E-state index is -0.852. The Balaban J connectivity index is 2.99. The molecule has 0 aromatic carbocycles.